The van der Waals surface area contributed by atoms with Crippen molar-refractivity contribution in [1.82, 2.24) is 0 Å². The highest BCUT2D eigenvalue weighted by Gasteiger charge is 2.53. The Balaban J connectivity index is 0.837. The maximum atomic E-state index is 6.84. The smallest absolute Gasteiger partial charge is 0.159 e. The summed E-state index contributed by atoms with van der Waals surface area (Å²) >= 11 is 0. The van der Waals surface area contributed by atoms with Crippen molar-refractivity contribution in [2.24, 2.45) is 0 Å². The first-order chi connectivity index (χ1) is 44.1. The van der Waals surface area contributed by atoms with Gasteiger partial charge in [0.2, 0.25) is 0 Å². The topological polar surface area (TPSA) is 32.8 Å². The van der Waals surface area contributed by atoms with Crippen molar-refractivity contribution >= 4 is 110 Å². The molecule has 2 aliphatic rings. The van der Waals surface area contributed by atoms with Crippen molar-refractivity contribution < 1.29 is 8.83 Å². The number of benzene rings is 15. The molecule has 0 atom stereocenters. The lowest BCUT2D eigenvalue weighted by molar-refractivity contribution is 0.668. The highest BCUT2D eigenvalue weighted by Crippen LogP contribution is 2.66. The van der Waals surface area contributed by atoms with Gasteiger partial charge in [0.25, 0.3) is 0 Å². The number of rotatable bonds is 8. The van der Waals surface area contributed by atoms with Crippen LogP contribution in [-0.4, -0.2) is 0 Å². The molecule has 4 nitrogen and oxygen atoms in total. The van der Waals surface area contributed by atoms with Crippen LogP contribution in [0.2, 0.25) is 0 Å². The van der Waals surface area contributed by atoms with Crippen molar-refractivity contribution in [3.63, 3.8) is 0 Å². The first kappa shape index (κ1) is 49.5. The summed E-state index contributed by atoms with van der Waals surface area (Å²) in [5, 5.41) is 11.6. The van der Waals surface area contributed by atoms with E-state index < -0.39 is 5.41 Å². The predicted molar refractivity (Wildman–Crippen MR) is 370 cm³/mol. The quantitative estimate of drug-likeness (QED) is 0.152. The van der Waals surface area contributed by atoms with E-state index in [0.29, 0.717) is 0 Å². The molecule has 17 aromatic rings. The number of para-hydroxylation sites is 4. The fourth-order valence-corrected chi connectivity index (χ4v) is 15.4. The highest BCUT2D eigenvalue weighted by atomic mass is 16.3. The zero-order valence-corrected chi connectivity index (χ0v) is 48.2. The van der Waals surface area contributed by atoms with Crippen molar-refractivity contribution in [3.8, 4) is 44.5 Å². The summed E-state index contributed by atoms with van der Waals surface area (Å²) in [4.78, 5) is 4.76. The Kier molecular flexibility index (Phi) is 10.7. The van der Waals surface area contributed by atoms with E-state index in [-0.39, 0.29) is 0 Å². The standard InChI is InChI=1S/C85H52N2O2/c1-3-17-53(18-4-1)55-33-40-60(41-34-55)86(76-29-15-26-71-67-23-10-13-31-78(67)88-83(71)76)62-44-48-65-58(51-62)37-46-69-70-47-38-59-52-63(45-49-66(59)82(70)85(81(65)69)74-28-12-9-25-73(74)80-64-22-8-7-21-57(64)39-50-75(80)85)87(61-42-35-56(36-43-61)54-19-5-2-6-20-54)77-30-16-27-72-68-24-11-14-32-79(68)89-84(72)77/h1-52H. The van der Waals surface area contributed by atoms with Crippen LogP contribution in [0.4, 0.5) is 34.1 Å². The van der Waals surface area contributed by atoms with Crippen LogP contribution in [-0.2, 0) is 5.41 Å². The van der Waals surface area contributed by atoms with Gasteiger partial charge in [-0.15, -0.1) is 0 Å². The Labute approximate surface area is 513 Å². The van der Waals surface area contributed by atoms with Crippen LogP contribution in [0.15, 0.2) is 324 Å². The lowest BCUT2D eigenvalue weighted by atomic mass is 9.68. The molecule has 0 aliphatic heterocycles. The normalized spacial score (nSPS) is 12.8. The van der Waals surface area contributed by atoms with E-state index in [1.54, 1.807) is 0 Å². The lowest BCUT2D eigenvalue weighted by Gasteiger charge is -2.33. The van der Waals surface area contributed by atoms with E-state index in [2.05, 4.69) is 313 Å². The van der Waals surface area contributed by atoms with E-state index in [4.69, 9.17) is 8.83 Å². The van der Waals surface area contributed by atoms with Gasteiger partial charge in [-0.25, -0.2) is 0 Å². The van der Waals surface area contributed by atoms with Gasteiger partial charge in [0.05, 0.1) is 16.8 Å². The Bertz CT molecular complexity index is 5450. The van der Waals surface area contributed by atoms with Crippen LogP contribution in [0.1, 0.15) is 22.3 Å². The molecule has 2 aromatic heterocycles. The number of fused-ring (bicyclic) bond motifs is 22. The number of hydrogen-bond donors (Lipinski definition) is 0. The van der Waals surface area contributed by atoms with Gasteiger partial charge in [-0.3, -0.25) is 0 Å². The lowest BCUT2D eigenvalue weighted by Crippen LogP contribution is -2.26. The molecule has 0 unspecified atom stereocenters. The SMILES string of the molecule is c1ccc(-c2ccc(N(c3ccc4c5c(ccc4c3)-c3ccc4cc(N(c6ccc(-c7ccccc7)cc6)c6cccc7c6oc6ccccc67)ccc4c3C53c4ccccc4-c4c3ccc3ccccc43)c3cccc4c3oc3ccccc34)cc2)cc1. The summed E-state index contributed by atoms with van der Waals surface area (Å²) in [6.45, 7) is 0. The molecule has 0 radical (unpaired) electrons. The van der Waals surface area contributed by atoms with E-state index in [0.717, 1.165) is 99.9 Å². The molecule has 19 rings (SSSR count). The molecule has 15 aromatic carbocycles. The number of hydrogen-bond acceptors (Lipinski definition) is 4. The molecule has 414 valence electrons. The van der Waals surface area contributed by atoms with Crippen LogP contribution in [0.25, 0.3) is 121 Å². The third-order valence-corrected chi connectivity index (χ3v) is 19.2. The Hall–Kier alpha value is -11.7. The van der Waals surface area contributed by atoms with Crippen LogP contribution in [0.3, 0.4) is 0 Å². The van der Waals surface area contributed by atoms with E-state index in [9.17, 15) is 0 Å². The zero-order valence-electron chi connectivity index (χ0n) is 48.2. The summed E-state index contributed by atoms with van der Waals surface area (Å²) in [7, 11) is 0. The zero-order chi connectivity index (χ0) is 58.3. The fraction of sp³-hybridized carbons (Fsp3) is 0.0118. The molecule has 89 heavy (non-hydrogen) atoms. The molecule has 1 spiro atoms. The average molecular weight is 1130 g/mol. The molecular weight excluding hydrogens is 1080 g/mol. The summed E-state index contributed by atoms with van der Waals surface area (Å²) in [6.07, 6.45) is 0. The first-order valence-electron chi connectivity index (χ1n) is 30.6. The van der Waals surface area contributed by atoms with Crippen molar-refractivity contribution in [1.29, 1.82) is 0 Å². The average Bonchev–Trinajstić information content (AvgIpc) is 1.50. The number of furan rings is 2. The number of nitrogens with zero attached hydrogens (tertiary/aromatic N) is 2. The van der Waals surface area contributed by atoms with Gasteiger partial charge < -0.3 is 18.6 Å². The Morgan fingerprint density at radius 1 is 0.247 bits per heavy atom. The molecule has 0 N–H and O–H groups in total. The van der Waals surface area contributed by atoms with Gasteiger partial charge in [0, 0.05) is 44.3 Å². The maximum Gasteiger partial charge on any atom is 0.159 e. The highest BCUT2D eigenvalue weighted by molar-refractivity contribution is 6.15. The second-order valence-electron chi connectivity index (χ2n) is 23.8. The molecule has 0 saturated carbocycles. The molecule has 2 heterocycles. The van der Waals surface area contributed by atoms with E-state index in [1.807, 2.05) is 12.1 Å². The van der Waals surface area contributed by atoms with E-state index >= 15 is 0 Å². The van der Waals surface area contributed by atoms with E-state index in [1.165, 1.54) is 77.2 Å². The molecule has 0 saturated heterocycles. The largest absolute Gasteiger partial charge is 0.454 e. The van der Waals surface area contributed by atoms with Crippen molar-refractivity contribution in [2.45, 2.75) is 5.41 Å². The molecule has 0 bridgehead atoms. The summed E-state index contributed by atoms with van der Waals surface area (Å²) in [6, 6.07) is 116. The van der Waals surface area contributed by atoms with Gasteiger partial charge in [0.15, 0.2) is 11.2 Å². The second-order valence-corrected chi connectivity index (χ2v) is 23.8. The van der Waals surface area contributed by atoms with Crippen molar-refractivity contribution in [3.05, 3.63) is 338 Å². The molecule has 0 fully saturated rings. The minimum absolute atomic E-state index is 0.692. The van der Waals surface area contributed by atoms with Crippen LogP contribution in [0.5, 0.6) is 0 Å². The van der Waals surface area contributed by atoms with Gasteiger partial charge in [-0.1, -0.05) is 243 Å². The third kappa shape index (κ3) is 7.23. The summed E-state index contributed by atoms with van der Waals surface area (Å²) in [5.41, 5.74) is 23.8. The molecule has 2 aliphatic carbocycles. The Morgan fingerprint density at radius 3 is 1.21 bits per heavy atom. The molecule has 4 heteroatoms. The van der Waals surface area contributed by atoms with Crippen molar-refractivity contribution in [2.75, 3.05) is 9.80 Å². The molecule has 0 amide bonds. The van der Waals surface area contributed by atoms with Gasteiger partial charge >= 0.3 is 0 Å². The van der Waals surface area contributed by atoms with Crippen LogP contribution < -0.4 is 9.80 Å². The minimum Gasteiger partial charge on any atom is -0.454 e. The van der Waals surface area contributed by atoms with Gasteiger partial charge in [0.1, 0.15) is 11.2 Å². The van der Waals surface area contributed by atoms with Gasteiger partial charge in [-0.05, 0) is 172 Å². The van der Waals surface area contributed by atoms with Crippen LogP contribution >= 0.6 is 0 Å². The minimum atomic E-state index is -0.692. The number of anilines is 6. The molecular formula is C85H52N2O2. The fourth-order valence-electron chi connectivity index (χ4n) is 15.4. The van der Waals surface area contributed by atoms with Crippen LogP contribution in [0, 0.1) is 0 Å². The summed E-state index contributed by atoms with van der Waals surface area (Å²) < 4.78 is 13.7. The summed E-state index contributed by atoms with van der Waals surface area (Å²) in [5.74, 6) is 0. The second kappa shape index (κ2) is 19.1. The first-order valence-corrected chi connectivity index (χ1v) is 30.6. The van der Waals surface area contributed by atoms with Gasteiger partial charge in [-0.2, -0.15) is 0 Å². The third-order valence-electron chi connectivity index (χ3n) is 19.2. The monoisotopic (exact) mass is 1130 g/mol. The predicted octanol–water partition coefficient (Wildman–Crippen LogP) is 23.6. The Morgan fingerprint density at radius 2 is 0.674 bits per heavy atom. The maximum absolute atomic E-state index is 6.84.